The van der Waals surface area contributed by atoms with E-state index < -0.39 is 29.0 Å². The number of hydrogen-bond acceptors (Lipinski definition) is 4. The van der Waals surface area contributed by atoms with E-state index in [1.807, 2.05) is 20.8 Å². The number of carbonyl (C=O) groups excluding carboxylic acids is 2. The van der Waals surface area contributed by atoms with Crippen LogP contribution in [0.15, 0.2) is 18.2 Å². The number of piperidine rings is 1. The van der Waals surface area contributed by atoms with Crippen molar-refractivity contribution in [2.45, 2.75) is 63.1 Å². The fourth-order valence-corrected chi connectivity index (χ4v) is 4.56. The molecule has 7 heteroatoms. The van der Waals surface area contributed by atoms with Crippen molar-refractivity contribution in [3.8, 4) is 0 Å². The summed E-state index contributed by atoms with van der Waals surface area (Å²) < 4.78 is 25.5. The van der Waals surface area contributed by atoms with Crippen molar-refractivity contribution in [1.82, 2.24) is 4.90 Å². The highest BCUT2D eigenvalue weighted by Crippen LogP contribution is 2.50. The number of likely N-dealkylation sites (tertiary alicyclic amines) is 1. The van der Waals surface area contributed by atoms with Gasteiger partial charge in [-0.2, -0.15) is 0 Å². The molecule has 2 heterocycles. The first-order chi connectivity index (χ1) is 13.1. The van der Waals surface area contributed by atoms with Gasteiger partial charge in [0.1, 0.15) is 11.4 Å². The highest BCUT2D eigenvalue weighted by Gasteiger charge is 2.58. The lowest BCUT2D eigenvalue weighted by Crippen LogP contribution is -2.52. The molecule has 0 radical (unpaired) electrons. The molecule has 1 saturated carbocycles. The second kappa shape index (κ2) is 6.70. The number of ether oxygens (including phenoxy) is 2. The van der Waals surface area contributed by atoms with Gasteiger partial charge in [0.15, 0.2) is 5.78 Å². The van der Waals surface area contributed by atoms with Crippen molar-refractivity contribution in [1.29, 1.82) is 0 Å². The maximum absolute atomic E-state index is 14.6. The highest BCUT2D eigenvalue weighted by atomic mass is 35.5. The van der Waals surface area contributed by atoms with Gasteiger partial charge in [-0.15, -0.1) is 0 Å². The number of fused-ring (bicyclic) bond motifs is 1. The molecular weight excluding hydrogens is 385 g/mol. The smallest absolute Gasteiger partial charge is 0.411 e. The molecule has 1 aromatic rings. The predicted octanol–water partition coefficient (Wildman–Crippen LogP) is 4.10. The summed E-state index contributed by atoms with van der Waals surface area (Å²) in [6, 6.07) is 4.40. The van der Waals surface area contributed by atoms with Crippen LogP contribution in [-0.2, 0) is 19.7 Å². The first-order valence-corrected chi connectivity index (χ1v) is 10.1. The highest BCUT2D eigenvalue weighted by molar-refractivity contribution is 6.30. The molecule has 5 nitrogen and oxygen atoms in total. The molecule has 0 unspecified atom stereocenters. The maximum atomic E-state index is 14.6. The molecule has 3 fully saturated rings. The molecule has 1 amide bonds. The number of nitrogens with zero attached hydrogens (tertiary/aromatic N) is 1. The van der Waals surface area contributed by atoms with E-state index in [9.17, 15) is 14.0 Å². The van der Waals surface area contributed by atoms with Crippen LogP contribution in [0.3, 0.4) is 0 Å². The Morgan fingerprint density at radius 3 is 2.64 bits per heavy atom. The van der Waals surface area contributed by atoms with Crippen LogP contribution < -0.4 is 0 Å². The summed E-state index contributed by atoms with van der Waals surface area (Å²) in [6.45, 7) is 5.96. The standard InChI is InChI=1S/C21H25ClFNO4/c1-20(2,3)28-19(26)24-15-7-12(15)8-16(24)17(25)9-21(10-27-11-21)13-5-4-6-14(22)18(13)23/h4-6,12,15-16H,7-11H2,1-3H3/t12-,15-,16+/m1/s1. The van der Waals surface area contributed by atoms with E-state index in [2.05, 4.69) is 0 Å². The molecule has 3 atom stereocenters. The molecule has 1 aromatic carbocycles. The van der Waals surface area contributed by atoms with Gasteiger partial charge in [-0.1, -0.05) is 23.7 Å². The van der Waals surface area contributed by atoms with Gasteiger partial charge in [0.2, 0.25) is 0 Å². The Hall–Kier alpha value is -1.66. The quantitative estimate of drug-likeness (QED) is 0.751. The summed E-state index contributed by atoms with van der Waals surface area (Å²) in [5.41, 5.74) is -0.935. The number of carbonyl (C=O) groups is 2. The SMILES string of the molecule is CC(C)(C)OC(=O)N1[C@@H]2C[C@@H]2C[C@H]1C(=O)CC1(c2cccc(Cl)c2F)COC1. The maximum Gasteiger partial charge on any atom is 0.411 e. The van der Waals surface area contributed by atoms with Crippen LogP contribution in [0.2, 0.25) is 5.02 Å². The molecule has 2 aliphatic heterocycles. The first-order valence-electron chi connectivity index (χ1n) is 9.68. The zero-order valence-corrected chi connectivity index (χ0v) is 17.1. The molecular formula is C21H25ClFNO4. The van der Waals surface area contributed by atoms with Crippen LogP contribution in [0.4, 0.5) is 9.18 Å². The summed E-state index contributed by atoms with van der Waals surface area (Å²) in [4.78, 5) is 27.5. The molecule has 0 spiro atoms. The van der Waals surface area contributed by atoms with Gasteiger partial charge in [0.05, 0.1) is 29.7 Å². The zero-order chi connectivity index (χ0) is 20.3. The van der Waals surface area contributed by atoms with Gasteiger partial charge >= 0.3 is 6.09 Å². The van der Waals surface area contributed by atoms with Crippen molar-refractivity contribution in [3.05, 3.63) is 34.6 Å². The van der Waals surface area contributed by atoms with Gasteiger partial charge in [-0.25, -0.2) is 9.18 Å². The summed E-state index contributed by atoms with van der Waals surface area (Å²) in [5.74, 6) is -0.211. The lowest BCUT2D eigenvalue weighted by atomic mass is 9.73. The van der Waals surface area contributed by atoms with Crippen molar-refractivity contribution in [2.75, 3.05) is 13.2 Å². The molecule has 28 heavy (non-hydrogen) atoms. The molecule has 152 valence electrons. The minimum atomic E-state index is -0.724. The van der Waals surface area contributed by atoms with Crippen LogP contribution in [-0.4, -0.2) is 47.7 Å². The number of Topliss-reactive ketones (excluding diaryl/α,β-unsaturated/α-hetero) is 1. The number of benzene rings is 1. The molecule has 1 aliphatic carbocycles. The fraction of sp³-hybridized carbons (Fsp3) is 0.619. The topological polar surface area (TPSA) is 55.8 Å². The Bertz CT molecular complexity index is 817. The van der Waals surface area contributed by atoms with Crippen LogP contribution in [0.1, 0.15) is 45.6 Å². The fourth-order valence-electron chi connectivity index (χ4n) is 4.39. The summed E-state index contributed by atoms with van der Waals surface area (Å²) in [7, 11) is 0. The van der Waals surface area contributed by atoms with Crippen LogP contribution in [0, 0.1) is 11.7 Å². The molecule has 0 N–H and O–H groups in total. The Morgan fingerprint density at radius 1 is 1.32 bits per heavy atom. The third kappa shape index (κ3) is 3.41. The van der Waals surface area contributed by atoms with Crippen LogP contribution in [0.5, 0.6) is 0 Å². The molecule has 2 saturated heterocycles. The molecule has 3 aliphatic rings. The largest absolute Gasteiger partial charge is 0.444 e. The van der Waals surface area contributed by atoms with E-state index in [0.717, 1.165) is 6.42 Å². The summed E-state index contributed by atoms with van der Waals surface area (Å²) >= 11 is 5.95. The second-order valence-corrected chi connectivity index (χ2v) is 9.63. The van der Waals surface area contributed by atoms with Crippen molar-refractivity contribution in [3.63, 3.8) is 0 Å². The van der Waals surface area contributed by atoms with Crippen molar-refractivity contribution in [2.24, 2.45) is 5.92 Å². The number of hydrogen-bond donors (Lipinski definition) is 0. The van der Waals surface area contributed by atoms with E-state index in [1.54, 1.807) is 17.0 Å². The van der Waals surface area contributed by atoms with Gasteiger partial charge < -0.3 is 9.47 Å². The first kappa shape index (κ1) is 19.6. The van der Waals surface area contributed by atoms with E-state index in [0.29, 0.717) is 17.9 Å². The van der Waals surface area contributed by atoms with Gasteiger partial charge in [0, 0.05) is 18.0 Å². The van der Waals surface area contributed by atoms with E-state index in [4.69, 9.17) is 21.1 Å². The number of ketones is 1. The van der Waals surface area contributed by atoms with Gasteiger partial charge in [-0.3, -0.25) is 9.69 Å². The Morgan fingerprint density at radius 2 is 2.04 bits per heavy atom. The number of amides is 1. The molecule has 0 aromatic heterocycles. The average molecular weight is 410 g/mol. The van der Waals surface area contributed by atoms with E-state index >= 15 is 0 Å². The zero-order valence-electron chi connectivity index (χ0n) is 16.3. The third-order valence-corrected chi connectivity index (χ3v) is 6.16. The van der Waals surface area contributed by atoms with E-state index in [1.165, 1.54) is 6.07 Å². The van der Waals surface area contributed by atoms with Crippen molar-refractivity contribution >= 4 is 23.5 Å². The average Bonchev–Trinajstić information content (AvgIpc) is 3.21. The van der Waals surface area contributed by atoms with Crippen LogP contribution >= 0.6 is 11.6 Å². The summed E-state index contributed by atoms with van der Waals surface area (Å²) in [5, 5.41) is 0.0358. The second-order valence-electron chi connectivity index (χ2n) is 9.22. The lowest BCUT2D eigenvalue weighted by Gasteiger charge is -2.42. The Balaban J connectivity index is 1.54. The normalized spacial score (nSPS) is 27.8. The minimum Gasteiger partial charge on any atom is -0.444 e. The Labute approximate surface area is 169 Å². The lowest BCUT2D eigenvalue weighted by molar-refractivity contribution is -0.132. The third-order valence-electron chi connectivity index (χ3n) is 5.87. The molecule has 4 rings (SSSR count). The summed E-state index contributed by atoms with van der Waals surface area (Å²) in [6.07, 6.45) is 1.25. The van der Waals surface area contributed by atoms with Gasteiger partial charge in [0.25, 0.3) is 0 Å². The number of halogens is 2. The predicted molar refractivity (Wildman–Crippen MR) is 102 cm³/mol. The number of rotatable bonds is 4. The van der Waals surface area contributed by atoms with Gasteiger partial charge in [-0.05, 0) is 45.6 Å². The van der Waals surface area contributed by atoms with Crippen LogP contribution in [0.25, 0.3) is 0 Å². The Kier molecular flexibility index (Phi) is 4.70. The monoisotopic (exact) mass is 409 g/mol. The molecule has 0 bridgehead atoms. The van der Waals surface area contributed by atoms with Crippen molar-refractivity contribution < 1.29 is 23.5 Å². The van der Waals surface area contributed by atoms with E-state index in [-0.39, 0.29) is 36.5 Å². The minimum absolute atomic E-state index is 0.0358.